The molecule has 5 rings (SSSR count). The molecule has 1 saturated heterocycles. The fourth-order valence-corrected chi connectivity index (χ4v) is 5.52. The van der Waals surface area contributed by atoms with Crippen LogP contribution in [0.1, 0.15) is 60.0 Å². The Labute approximate surface area is 187 Å². The largest absolute Gasteiger partial charge is 0.388 e. The highest BCUT2D eigenvalue weighted by molar-refractivity contribution is 5.97. The van der Waals surface area contributed by atoms with Crippen molar-refractivity contribution in [2.24, 2.45) is 5.41 Å². The number of imidazole rings is 1. The molecule has 1 spiro atoms. The quantitative estimate of drug-likeness (QED) is 0.625. The summed E-state index contributed by atoms with van der Waals surface area (Å²) in [7, 11) is 0. The molecule has 1 aromatic heterocycles. The molecule has 1 aliphatic heterocycles. The first kappa shape index (κ1) is 20.9. The number of aryl methyl sites for hydroxylation is 1. The molecule has 2 aromatic carbocycles. The number of hydrogen-bond acceptors (Lipinski definition) is 4. The Hall–Kier alpha value is -2.99. The maximum absolute atomic E-state index is 13.6. The standard InChI is InChI=1S/C26H29N3O3/c1-17(2)29-22-6-4-3-5-21(22)27-24(29)15-28-12-11-26(25(28)32)10-9-18-7-8-19(23(31)16-30)13-20(18)14-26/h3-8,13,17,30H,9-12,14-16H2,1-2H3/t26-/m1/s1. The number of para-hydroxylation sites is 2. The highest BCUT2D eigenvalue weighted by atomic mass is 16.3. The minimum atomic E-state index is -0.493. The van der Waals surface area contributed by atoms with Crippen molar-refractivity contribution >= 4 is 22.7 Å². The molecule has 1 N–H and O–H groups in total. The van der Waals surface area contributed by atoms with Gasteiger partial charge in [0.1, 0.15) is 12.4 Å². The van der Waals surface area contributed by atoms with Gasteiger partial charge >= 0.3 is 0 Å². The van der Waals surface area contributed by atoms with E-state index in [0.717, 1.165) is 48.2 Å². The van der Waals surface area contributed by atoms with E-state index < -0.39 is 12.0 Å². The van der Waals surface area contributed by atoms with Crippen molar-refractivity contribution in [1.29, 1.82) is 0 Å². The zero-order chi connectivity index (χ0) is 22.5. The lowest BCUT2D eigenvalue weighted by Gasteiger charge is -2.33. The summed E-state index contributed by atoms with van der Waals surface area (Å²) in [6, 6.07) is 14.0. The first-order valence-electron chi connectivity index (χ1n) is 11.4. The van der Waals surface area contributed by atoms with E-state index in [2.05, 4.69) is 24.5 Å². The molecule has 0 unspecified atom stereocenters. The van der Waals surface area contributed by atoms with Gasteiger partial charge in [-0.3, -0.25) is 9.59 Å². The lowest BCUT2D eigenvalue weighted by Crippen LogP contribution is -2.39. The molecular weight excluding hydrogens is 402 g/mol. The molecule has 0 bridgehead atoms. The van der Waals surface area contributed by atoms with Gasteiger partial charge in [-0.1, -0.05) is 24.3 Å². The van der Waals surface area contributed by atoms with E-state index in [4.69, 9.17) is 4.98 Å². The van der Waals surface area contributed by atoms with Crippen LogP contribution in [0, 0.1) is 5.41 Å². The second-order valence-electron chi connectivity index (χ2n) is 9.48. The summed E-state index contributed by atoms with van der Waals surface area (Å²) < 4.78 is 2.23. The molecule has 1 fully saturated rings. The Morgan fingerprint density at radius 3 is 2.75 bits per heavy atom. The lowest BCUT2D eigenvalue weighted by atomic mass is 9.70. The number of amides is 1. The maximum Gasteiger partial charge on any atom is 0.229 e. The number of carbonyl (C=O) groups is 2. The number of Topliss-reactive ketones (excluding diaryl/α,β-unsaturated/α-hetero) is 1. The Balaban J connectivity index is 1.41. The predicted molar refractivity (Wildman–Crippen MR) is 122 cm³/mol. The number of aromatic nitrogens is 2. The number of likely N-dealkylation sites (tertiary alicyclic amines) is 1. The summed E-state index contributed by atoms with van der Waals surface area (Å²) in [5.74, 6) is 0.849. The number of benzene rings is 2. The molecule has 0 radical (unpaired) electrons. The monoisotopic (exact) mass is 431 g/mol. The number of carbonyl (C=O) groups excluding carboxylic acids is 2. The van der Waals surface area contributed by atoms with E-state index in [1.54, 1.807) is 6.07 Å². The van der Waals surface area contributed by atoms with E-state index in [1.807, 2.05) is 35.2 Å². The molecule has 2 heterocycles. The maximum atomic E-state index is 13.6. The first-order chi connectivity index (χ1) is 15.4. The van der Waals surface area contributed by atoms with Crippen LogP contribution in [0.2, 0.25) is 0 Å². The van der Waals surface area contributed by atoms with E-state index in [-0.39, 0.29) is 17.7 Å². The van der Waals surface area contributed by atoms with E-state index in [9.17, 15) is 14.7 Å². The third kappa shape index (κ3) is 3.34. The van der Waals surface area contributed by atoms with E-state index in [1.165, 1.54) is 5.56 Å². The van der Waals surface area contributed by atoms with Crippen LogP contribution in [0.15, 0.2) is 42.5 Å². The fraction of sp³-hybridized carbons (Fsp3) is 0.423. The van der Waals surface area contributed by atoms with Gasteiger partial charge in [0.2, 0.25) is 5.91 Å². The Kier molecular flexibility index (Phi) is 5.13. The molecule has 32 heavy (non-hydrogen) atoms. The predicted octanol–water partition coefficient (Wildman–Crippen LogP) is 3.70. The van der Waals surface area contributed by atoms with Crippen molar-refractivity contribution in [1.82, 2.24) is 14.5 Å². The molecule has 1 aliphatic carbocycles. The third-order valence-corrected chi connectivity index (χ3v) is 7.19. The van der Waals surface area contributed by atoms with E-state index >= 15 is 0 Å². The van der Waals surface area contributed by atoms with Crippen molar-refractivity contribution in [3.63, 3.8) is 0 Å². The molecule has 166 valence electrons. The SMILES string of the molecule is CC(C)n1c(CN2CC[C@@]3(CCc4ccc(C(=O)CO)cc4C3)C2=O)nc2ccccc21. The average molecular weight is 432 g/mol. The number of rotatable bonds is 5. The molecule has 6 nitrogen and oxygen atoms in total. The number of fused-ring (bicyclic) bond motifs is 2. The van der Waals surface area contributed by atoms with Gasteiger partial charge in [0, 0.05) is 18.2 Å². The number of nitrogens with zero attached hydrogens (tertiary/aromatic N) is 3. The summed E-state index contributed by atoms with van der Waals surface area (Å²) in [5, 5.41) is 9.21. The van der Waals surface area contributed by atoms with E-state index in [0.29, 0.717) is 18.5 Å². The van der Waals surface area contributed by atoms with Gasteiger partial charge in [-0.25, -0.2) is 4.98 Å². The summed E-state index contributed by atoms with van der Waals surface area (Å²) in [4.78, 5) is 32.4. The van der Waals surface area contributed by atoms with Gasteiger partial charge < -0.3 is 14.6 Å². The van der Waals surface area contributed by atoms with Gasteiger partial charge in [-0.2, -0.15) is 0 Å². The zero-order valence-electron chi connectivity index (χ0n) is 18.7. The smallest absolute Gasteiger partial charge is 0.229 e. The van der Waals surface area contributed by atoms with Gasteiger partial charge in [0.25, 0.3) is 0 Å². The number of ketones is 1. The number of hydrogen-bond donors (Lipinski definition) is 1. The molecule has 6 heteroatoms. The minimum Gasteiger partial charge on any atom is -0.388 e. The highest BCUT2D eigenvalue weighted by Gasteiger charge is 2.48. The summed E-state index contributed by atoms with van der Waals surface area (Å²) in [6.07, 6.45) is 3.16. The van der Waals surface area contributed by atoms with Crippen molar-refractivity contribution < 1.29 is 14.7 Å². The first-order valence-corrected chi connectivity index (χ1v) is 11.4. The third-order valence-electron chi connectivity index (χ3n) is 7.19. The lowest BCUT2D eigenvalue weighted by molar-refractivity contribution is -0.137. The van der Waals surface area contributed by atoms with Crippen LogP contribution in [-0.2, 0) is 24.2 Å². The molecule has 1 amide bonds. The molecule has 2 aliphatic rings. The zero-order valence-corrected chi connectivity index (χ0v) is 18.7. The highest BCUT2D eigenvalue weighted by Crippen LogP contribution is 2.44. The molecule has 0 saturated carbocycles. The molecular formula is C26H29N3O3. The summed E-state index contributed by atoms with van der Waals surface area (Å²) in [5.41, 5.74) is 4.47. The number of aliphatic hydroxyl groups excluding tert-OH is 1. The van der Waals surface area contributed by atoms with Gasteiger partial charge in [-0.15, -0.1) is 0 Å². The second kappa shape index (κ2) is 7.85. The molecule has 3 aromatic rings. The minimum absolute atomic E-state index is 0.199. The van der Waals surface area contributed by atoms with Crippen LogP contribution in [0.5, 0.6) is 0 Å². The summed E-state index contributed by atoms with van der Waals surface area (Å²) in [6.45, 7) is 5.05. The fourth-order valence-electron chi connectivity index (χ4n) is 5.52. The second-order valence-corrected chi connectivity index (χ2v) is 9.48. The topological polar surface area (TPSA) is 75.4 Å². The van der Waals surface area contributed by atoms with Crippen molar-refractivity contribution in [3.8, 4) is 0 Å². The summed E-state index contributed by atoms with van der Waals surface area (Å²) >= 11 is 0. The van der Waals surface area contributed by atoms with Crippen molar-refractivity contribution in [2.75, 3.05) is 13.2 Å². The van der Waals surface area contributed by atoms with Crippen molar-refractivity contribution in [3.05, 3.63) is 65.0 Å². The number of aliphatic hydroxyl groups is 1. The Morgan fingerprint density at radius 1 is 1.16 bits per heavy atom. The average Bonchev–Trinajstić information content (AvgIpc) is 3.31. The van der Waals surface area contributed by atoms with Crippen molar-refractivity contribution in [2.45, 2.75) is 52.1 Å². The molecule has 1 atom stereocenters. The van der Waals surface area contributed by atoms with Crippen LogP contribution in [-0.4, -0.2) is 44.4 Å². The normalized spacial score (nSPS) is 20.5. The van der Waals surface area contributed by atoms with Crippen LogP contribution < -0.4 is 0 Å². The van der Waals surface area contributed by atoms with Crippen LogP contribution in [0.4, 0.5) is 0 Å². The van der Waals surface area contributed by atoms with Crippen LogP contribution in [0.3, 0.4) is 0 Å². The van der Waals surface area contributed by atoms with Crippen LogP contribution >= 0.6 is 0 Å². The van der Waals surface area contributed by atoms with Gasteiger partial charge in [-0.05, 0) is 68.9 Å². The van der Waals surface area contributed by atoms with Gasteiger partial charge in [0.15, 0.2) is 5.78 Å². The van der Waals surface area contributed by atoms with Crippen LogP contribution in [0.25, 0.3) is 11.0 Å². The Morgan fingerprint density at radius 2 is 1.97 bits per heavy atom. The Bertz CT molecular complexity index is 1210. The van der Waals surface area contributed by atoms with Gasteiger partial charge in [0.05, 0.1) is 23.0 Å².